The van der Waals surface area contributed by atoms with Crippen LogP contribution in [0.1, 0.15) is 303 Å². The quantitative estimate of drug-likeness (QED) is 0.0262. The van der Waals surface area contributed by atoms with Gasteiger partial charge in [0.15, 0.2) is 6.10 Å². The normalized spacial score (nSPS) is 12.2. The highest BCUT2D eigenvalue weighted by Gasteiger charge is 2.19. The van der Waals surface area contributed by atoms with Crippen molar-refractivity contribution in [3.63, 3.8) is 0 Å². The molecule has 0 aliphatic rings. The average molecular weight is 914 g/mol. The molecule has 0 bridgehead atoms. The zero-order valence-corrected chi connectivity index (χ0v) is 43.5. The van der Waals surface area contributed by atoms with Crippen molar-refractivity contribution in [1.29, 1.82) is 0 Å². The summed E-state index contributed by atoms with van der Waals surface area (Å²) in [5.41, 5.74) is 0. The second kappa shape index (κ2) is 54.2. The van der Waals surface area contributed by atoms with E-state index in [1.165, 1.54) is 186 Å². The van der Waals surface area contributed by atoms with Crippen LogP contribution in [-0.2, 0) is 28.6 Å². The zero-order valence-electron chi connectivity index (χ0n) is 43.5. The molecular weight excluding hydrogens is 805 g/mol. The van der Waals surface area contributed by atoms with Crippen LogP contribution < -0.4 is 0 Å². The third-order valence-corrected chi connectivity index (χ3v) is 12.6. The molecule has 0 aliphatic heterocycles. The van der Waals surface area contributed by atoms with E-state index in [1.54, 1.807) is 0 Å². The highest BCUT2D eigenvalue weighted by atomic mass is 16.6. The van der Waals surface area contributed by atoms with E-state index >= 15 is 0 Å². The van der Waals surface area contributed by atoms with Crippen LogP contribution in [0, 0.1) is 0 Å². The van der Waals surface area contributed by atoms with E-state index in [9.17, 15) is 14.4 Å². The molecule has 0 amide bonds. The van der Waals surface area contributed by atoms with Crippen LogP contribution in [0.15, 0.2) is 36.5 Å². The molecule has 6 heteroatoms. The molecule has 0 aromatic rings. The van der Waals surface area contributed by atoms with Gasteiger partial charge in [0, 0.05) is 19.3 Å². The summed E-state index contributed by atoms with van der Waals surface area (Å²) < 4.78 is 16.8. The lowest BCUT2D eigenvalue weighted by Crippen LogP contribution is -2.30. The van der Waals surface area contributed by atoms with Crippen molar-refractivity contribution in [2.45, 2.75) is 309 Å². The van der Waals surface area contributed by atoms with E-state index in [0.717, 1.165) is 77.0 Å². The topological polar surface area (TPSA) is 78.9 Å². The Morgan fingerprint density at radius 3 is 0.908 bits per heavy atom. The third-order valence-electron chi connectivity index (χ3n) is 12.6. The van der Waals surface area contributed by atoms with Gasteiger partial charge in [-0.15, -0.1) is 0 Å². The lowest BCUT2D eigenvalue weighted by atomic mass is 10.0. The Morgan fingerprint density at radius 2 is 0.569 bits per heavy atom. The predicted octanol–water partition coefficient (Wildman–Crippen LogP) is 18.9. The van der Waals surface area contributed by atoms with Gasteiger partial charge in [-0.1, -0.05) is 250 Å². The highest BCUT2D eigenvalue weighted by Crippen LogP contribution is 2.16. The summed E-state index contributed by atoms with van der Waals surface area (Å²) in [4.78, 5) is 38.0. The Bertz CT molecular complexity index is 1090. The first-order valence-corrected chi connectivity index (χ1v) is 28.5. The lowest BCUT2D eigenvalue weighted by Gasteiger charge is -2.18. The van der Waals surface area contributed by atoms with Gasteiger partial charge in [-0.2, -0.15) is 0 Å². The number of carbonyl (C=O) groups excluding carboxylic acids is 3. The average Bonchev–Trinajstić information content (AvgIpc) is 3.30. The van der Waals surface area contributed by atoms with Gasteiger partial charge in [0.2, 0.25) is 0 Å². The zero-order chi connectivity index (χ0) is 47.2. The SMILES string of the molecule is CCCC/C=C\CCCCCCCC(=O)OC(COC(=O)CCCCCCCCCCCCC)COC(=O)CCCCCCCCCCCCCCC/C=C\C/C=C\CCCCCCC. The Labute approximate surface area is 404 Å². The first-order valence-electron chi connectivity index (χ1n) is 28.5. The Kier molecular flexibility index (Phi) is 52.3. The minimum atomic E-state index is -0.772. The van der Waals surface area contributed by atoms with Gasteiger partial charge in [0.25, 0.3) is 0 Å². The summed E-state index contributed by atoms with van der Waals surface area (Å²) >= 11 is 0. The fourth-order valence-corrected chi connectivity index (χ4v) is 8.28. The fraction of sp³-hybridized carbons (Fsp3) is 0.847. The van der Waals surface area contributed by atoms with Crippen molar-refractivity contribution in [1.82, 2.24) is 0 Å². The van der Waals surface area contributed by atoms with Gasteiger partial charge in [-0.05, 0) is 70.6 Å². The fourth-order valence-electron chi connectivity index (χ4n) is 8.28. The van der Waals surface area contributed by atoms with Gasteiger partial charge in [-0.3, -0.25) is 14.4 Å². The van der Waals surface area contributed by atoms with Crippen LogP contribution >= 0.6 is 0 Å². The maximum atomic E-state index is 12.8. The molecule has 0 rings (SSSR count). The molecule has 0 aromatic carbocycles. The van der Waals surface area contributed by atoms with Gasteiger partial charge in [0.05, 0.1) is 0 Å². The van der Waals surface area contributed by atoms with Crippen molar-refractivity contribution >= 4 is 17.9 Å². The molecule has 0 aromatic heterocycles. The molecule has 380 valence electrons. The molecule has 0 aliphatic carbocycles. The van der Waals surface area contributed by atoms with Gasteiger partial charge in [0.1, 0.15) is 13.2 Å². The molecule has 1 atom stereocenters. The Balaban J connectivity index is 4.16. The monoisotopic (exact) mass is 913 g/mol. The molecule has 1 unspecified atom stereocenters. The number of allylic oxidation sites excluding steroid dienone is 6. The molecule has 0 N–H and O–H groups in total. The van der Waals surface area contributed by atoms with Gasteiger partial charge < -0.3 is 14.2 Å². The maximum Gasteiger partial charge on any atom is 0.306 e. The minimum absolute atomic E-state index is 0.0721. The van der Waals surface area contributed by atoms with Crippen LogP contribution in [0.3, 0.4) is 0 Å². The van der Waals surface area contributed by atoms with Crippen molar-refractivity contribution in [2.75, 3.05) is 13.2 Å². The van der Waals surface area contributed by atoms with Crippen molar-refractivity contribution in [2.24, 2.45) is 0 Å². The molecule has 0 fully saturated rings. The van der Waals surface area contributed by atoms with Gasteiger partial charge >= 0.3 is 17.9 Å². The number of unbranched alkanes of at least 4 members (excludes halogenated alkanes) is 35. The number of hydrogen-bond acceptors (Lipinski definition) is 6. The van der Waals surface area contributed by atoms with Crippen molar-refractivity contribution in [3.8, 4) is 0 Å². The van der Waals surface area contributed by atoms with E-state index in [0.29, 0.717) is 19.3 Å². The molecule has 0 saturated heterocycles. The van der Waals surface area contributed by atoms with Gasteiger partial charge in [-0.25, -0.2) is 0 Å². The molecule has 0 spiro atoms. The van der Waals surface area contributed by atoms with Crippen molar-refractivity contribution in [3.05, 3.63) is 36.5 Å². The third kappa shape index (κ3) is 52.5. The Morgan fingerprint density at radius 1 is 0.308 bits per heavy atom. The summed E-state index contributed by atoms with van der Waals surface area (Å²) in [7, 11) is 0. The molecule has 0 saturated carbocycles. The summed E-state index contributed by atoms with van der Waals surface area (Å²) in [5.74, 6) is -0.871. The number of carbonyl (C=O) groups is 3. The van der Waals surface area contributed by atoms with Crippen LogP contribution in [0.5, 0.6) is 0 Å². The largest absolute Gasteiger partial charge is 0.462 e. The van der Waals surface area contributed by atoms with E-state index < -0.39 is 6.10 Å². The molecule has 65 heavy (non-hydrogen) atoms. The number of rotatable bonds is 52. The second-order valence-corrected chi connectivity index (χ2v) is 19.2. The van der Waals surface area contributed by atoms with E-state index in [1.807, 2.05) is 0 Å². The first-order chi connectivity index (χ1) is 32.0. The van der Waals surface area contributed by atoms with Crippen LogP contribution in [0.2, 0.25) is 0 Å². The lowest BCUT2D eigenvalue weighted by molar-refractivity contribution is -0.167. The van der Waals surface area contributed by atoms with E-state index in [4.69, 9.17) is 14.2 Å². The maximum absolute atomic E-state index is 12.8. The first kappa shape index (κ1) is 62.6. The van der Waals surface area contributed by atoms with Crippen LogP contribution in [-0.4, -0.2) is 37.2 Å². The molecular formula is C59H108O6. The second-order valence-electron chi connectivity index (χ2n) is 19.2. The van der Waals surface area contributed by atoms with Crippen LogP contribution in [0.25, 0.3) is 0 Å². The summed E-state index contributed by atoms with van der Waals surface area (Å²) in [6.07, 6.45) is 64.3. The Hall–Kier alpha value is -2.37. The summed E-state index contributed by atoms with van der Waals surface area (Å²) in [5, 5.41) is 0. The number of hydrogen-bond donors (Lipinski definition) is 0. The highest BCUT2D eigenvalue weighted by molar-refractivity contribution is 5.71. The summed E-state index contributed by atoms with van der Waals surface area (Å²) in [6.45, 7) is 6.60. The standard InChI is InChI=1S/C59H108O6/c1-4-7-10-13-16-19-22-23-24-25-26-27-28-29-30-31-32-33-34-35-38-40-43-46-49-52-58(61)64-55-56(65-59(62)53-50-47-44-41-37-21-18-15-12-9-6-3)54-63-57(60)51-48-45-42-39-36-20-17-14-11-8-5-2/h15,18,22-23,25-26,56H,4-14,16-17,19-21,24,27-55H2,1-3H3/b18-15-,23-22-,26-25-. The minimum Gasteiger partial charge on any atom is -0.462 e. The van der Waals surface area contributed by atoms with Crippen molar-refractivity contribution < 1.29 is 28.6 Å². The number of esters is 3. The van der Waals surface area contributed by atoms with Crippen LogP contribution in [0.4, 0.5) is 0 Å². The smallest absolute Gasteiger partial charge is 0.306 e. The predicted molar refractivity (Wildman–Crippen MR) is 279 cm³/mol. The molecule has 6 nitrogen and oxygen atoms in total. The van der Waals surface area contributed by atoms with E-state index in [-0.39, 0.29) is 31.1 Å². The molecule has 0 heterocycles. The summed E-state index contributed by atoms with van der Waals surface area (Å²) in [6, 6.07) is 0. The number of ether oxygens (including phenoxy) is 3. The molecule has 0 radical (unpaired) electrons. The van der Waals surface area contributed by atoms with E-state index in [2.05, 4.69) is 57.2 Å².